The van der Waals surface area contributed by atoms with Crippen LogP contribution in [0.4, 0.5) is 0 Å². The molecule has 4 rings (SSSR count). The van der Waals surface area contributed by atoms with Gasteiger partial charge in [-0.05, 0) is 56.0 Å². The predicted molar refractivity (Wildman–Crippen MR) is 139 cm³/mol. The lowest BCUT2D eigenvalue weighted by Crippen LogP contribution is -2.48. The number of nitrogens with zero attached hydrogens (tertiary/aromatic N) is 2. The Balaban J connectivity index is 1.53. The second-order valence-electron chi connectivity index (χ2n) is 8.88. The minimum atomic E-state index is -0.601. The Bertz CT molecular complexity index is 1210. The molecule has 3 heterocycles. The molecule has 1 aromatic carbocycles. The average Bonchev–Trinajstić information content (AvgIpc) is 3.48. The summed E-state index contributed by atoms with van der Waals surface area (Å²) in [5.41, 5.74) is 3.67. The average molecular weight is 528 g/mol. The normalized spacial score (nSPS) is 15.6. The summed E-state index contributed by atoms with van der Waals surface area (Å²) < 4.78 is 22.4. The largest absolute Gasteiger partial charge is 0.493 e. The Morgan fingerprint density at radius 2 is 2.08 bits per heavy atom. The number of methoxy groups -OCH3 is 2. The van der Waals surface area contributed by atoms with Gasteiger partial charge in [-0.1, -0.05) is 6.07 Å². The maximum Gasteiger partial charge on any atom is 0.290 e. The number of benzene rings is 1. The van der Waals surface area contributed by atoms with E-state index in [0.29, 0.717) is 36.8 Å². The molecule has 0 spiro atoms. The fourth-order valence-electron chi connectivity index (χ4n) is 4.34. The highest BCUT2D eigenvalue weighted by Crippen LogP contribution is 2.30. The van der Waals surface area contributed by atoms with Gasteiger partial charge in [0.2, 0.25) is 5.91 Å². The lowest BCUT2D eigenvalue weighted by atomic mass is 10.1. The number of rotatable bonds is 11. The van der Waals surface area contributed by atoms with E-state index in [1.54, 1.807) is 42.6 Å². The van der Waals surface area contributed by atoms with Crippen LogP contribution in [0.25, 0.3) is 0 Å². The number of carbonyl (C=O) groups excluding carboxylic acids is 2. The zero-order valence-electron chi connectivity index (χ0n) is 21.5. The molecule has 3 aromatic rings. The summed E-state index contributed by atoms with van der Waals surface area (Å²) >= 11 is 1.62. The standard InChI is InChI=1S/C27H33N3O6S/c1-18-25(37-17-29-18)11-13-35-22-9-7-19(14-24(22)34-3)15-30(21-6-4-5-12-28-26(21)31)27(32)23-10-8-20(36-23)16-33-2/h7-10,14,17,21H,4-6,11-13,15-16H2,1-3H3,(H,28,31)/t21-/m0/s1. The molecule has 10 heteroatoms. The van der Waals surface area contributed by atoms with Gasteiger partial charge in [-0.3, -0.25) is 9.59 Å². The number of ether oxygens (including phenoxy) is 3. The molecule has 0 unspecified atom stereocenters. The van der Waals surface area contributed by atoms with Crippen LogP contribution in [-0.4, -0.2) is 55.1 Å². The van der Waals surface area contributed by atoms with Crippen LogP contribution in [0.3, 0.4) is 0 Å². The first-order valence-electron chi connectivity index (χ1n) is 12.3. The van der Waals surface area contributed by atoms with Gasteiger partial charge in [-0.2, -0.15) is 0 Å². The van der Waals surface area contributed by atoms with Crippen molar-refractivity contribution in [2.75, 3.05) is 27.4 Å². The van der Waals surface area contributed by atoms with Crippen LogP contribution in [0.2, 0.25) is 0 Å². The third-order valence-corrected chi connectivity index (χ3v) is 7.31. The summed E-state index contributed by atoms with van der Waals surface area (Å²) in [5.74, 6) is 1.41. The Labute approximate surface area is 220 Å². The van der Waals surface area contributed by atoms with Gasteiger partial charge in [0.15, 0.2) is 17.3 Å². The van der Waals surface area contributed by atoms with Gasteiger partial charge in [0.1, 0.15) is 18.4 Å². The third kappa shape index (κ3) is 6.69. The van der Waals surface area contributed by atoms with E-state index in [2.05, 4.69) is 10.3 Å². The van der Waals surface area contributed by atoms with Crippen molar-refractivity contribution in [1.82, 2.24) is 15.2 Å². The topological polar surface area (TPSA) is 103 Å². The molecule has 1 atom stereocenters. The SMILES string of the molecule is COCc1ccc(C(=O)N(Cc2ccc(OCCc3scnc3C)c(OC)c2)[C@H]2CCCCNC2=O)o1. The molecule has 37 heavy (non-hydrogen) atoms. The summed E-state index contributed by atoms with van der Waals surface area (Å²) in [6, 6.07) is 8.32. The number of carbonyl (C=O) groups is 2. The lowest BCUT2D eigenvalue weighted by molar-refractivity contribution is -0.125. The molecule has 0 saturated carbocycles. The monoisotopic (exact) mass is 527 g/mol. The zero-order chi connectivity index (χ0) is 26.2. The Morgan fingerprint density at radius 1 is 1.22 bits per heavy atom. The van der Waals surface area contributed by atoms with Crippen LogP contribution in [0.5, 0.6) is 11.5 Å². The summed E-state index contributed by atoms with van der Waals surface area (Å²) in [6.45, 7) is 3.57. The van der Waals surface area contributed by atoms with E-state index in [4.69, 9.17) is 18.6 Å². The predicted octanol–water partition coefficient (Wildman–Crippen LogP) is 4.13. The van der Waals surface area contributed by atoms with Crippen molar-refractivity contribution in [1.29, 1.82) is 0 Å². The number of aryl methyl sites for hydroxylation is 1. The quantitative estimate of drug-likeness (QED) is 0.400. The van der Waals surface area contributed by atoms with Crippen LogP contribution in [0.1, 0.15) is 51.7 Å². The maximum atomic E-state index is 13.6. The van der Waals surface area contributed by atoms with E-state index in [9.17, 15) is 9.59 Å². The number of aromatic nitrogens is 1. The molecule has 0 bridgehead atoms. The molecular weight excluding hydrogens is 494 g/mol. The molecule has 1 N–H and O–H groups in total. The first-order chi connectivity index (χ1) is 18.0. The Hall–Kier alpha value is -3.37. The molecule has 1 aliphatic rings. The minimum absolute atomic E-state index is 0.153. The Kier molecular flexibility index (Phi) is 9.19. The number of nitrogens with one attached hydrogen (secondary N) is 1. The molecule has 1 fully saturated rings. The van der Waals surface area contributed by atoms with Crippen LogP contribution in [0, 0.1) is 6.92 Å². The molecule has 0 aliphatic carbocycles. The van der Waals surface area contributed by atoms with Crippen LogP contribution >= 0.6 is 11.3 Å². The van der Waals surface area contributed by atoms with Crippen molar-refractivity contribution in [3.05, 3.63) is 63.5 Å². The number of furan rings is 1. The number of thiazole rings is 1. The van der Waals surface area contributed by atoms with Crippen molar-refractivity contribution in [2.24, 2.45) is 0 Å². The molecule has 2 aromatic heterocycles. The number of hydrogen-bond donors (Lipinski definition) is 1. The van der Waals surface area contributed by atoms with Gasteiger partial charge >= 0.3 is 0 Å². The third-order valence-electron chi connectivity index (χ3n) is 6.31. The van der Waals surface area contributed by atoms with Gasteiger partial charge in [-0.15, -0.1) is 11.3 Å². The molecule has 9 nitrogen and oxygen atoms in total. The summed E-state index contributed by atoms with van der Waals surface area (Å²) in [4.78, 5) is 33.5. The van der Waals surface area contributed by atoms with Crippen LogP contribution in [0.15, 0.2) is 40.3 Å². The second-order valence-corrected chi connectivity index (χ2v) is 9.82. The number of amides is 2. The second kappa shape index (κ2) is 12.7. The van der Waals surface area contributed by atoms with E-state index in [-0.39, 0.29) is 30.7 Å². The fraction of sp³-hybridized carbons (Fsp3) is 0.444. The van der Waals surface area contributed by atoms with Gasteiger partial charge in [-0.25, -0.2) is 4.98 Å². The summed E-state index contributed by atoms with van der Waals surface area (Å²) in [5, 5.41) is 2.93. The van der Waals surface area contributed by atoms with Gasteiger partial charge in [0.25, 0.3) is 5.91 Å². The van der Waals surface area contributed by atoms with Crippen LogP contribution < -0.4 is 14.8 Å². The van der Waals surface area contributed by atoms with Crippen molar-refractivity contribution in [3.63, 3.8) is 0 Å². The van der Waals surface area contributed by atoms with Crippen LogP contribution in [-0.2, 0) is 29.1 Å². The summed E-state index contributed by atoms with van der Waals surface area (Å²) in [6.07, 6.45) is 3.06. The highest BCUT2D eigenvalue weighted by molar-refractivity contribution is 7.09. The smallest absolute Gasteiger partial charge is 0.290 e. The first kappa shape index (κ1) is 26.7. The minimum Gasteiger partial charge on any atom is -0.493 e. The Morgan fingerprint density at radius 3 is 2.84 bits per heavy atom. The molecule has 0 radical (unpaired) electrons. The highest BCUT2D eigenvalue weighted by Gasteiger charge is 2.33. The van der Waals surface area contributed by atoms with E-state index >= 15 is 0 Å². The lowest BCUT2D eigenvalue weighted by Gasteiger charge is -2.29. The van der Waals surface area contributed by atoms with E-state index in [0.717, 1.165) is 30.5 Å². The van der Waals surface area contributed by atoms with E-state index in [1.807, 2.05) is 30.6 Å². The van der Waals surface area contributed by atoms with Gasteiger partial charge in [0.05, 0.1) is 24.9 Å². The molecule has 1 saturated heterocycles. The van der Waals surface area contributed by atoms with Crippen molar-refractivity contribution >= 4 is 23.2 Å². The summed E-state index contributed by atoms with van der Waals surface area (Å²) in [7, 11) is 3.15. The fourth-order valence-corrected chi connectivity index (χ4v) is 5.11. The van der Waals surface area contributed by atoms with Crippen molar-refractivity contribution in [3.8, 4) is 11.5 Å². The highest BCUT2D eigenvalue weighted by atomic mass is 32.1. The molecule has 198 valence electrons. The van der Waals surface area contributed by atoms with Gasteiger partial charge < -0.3 is 28.8 Å². The zero-order valence-corrected chi connectivity index (χ0v) is 22.3. The molecule has 1 aliphatic heterocycles. The maximum absolute atomic E-state index is 13.6. The van der Waals surface area contributed by atoms with E-state index in [1.165, 1.54) is 4.88 Å². The number of hydrogen-bond acceptors (Lipinski definition) is 8. The molecular formula is C27H33N3O6S. The van der Waals surface area contributed by atoms with E-state index < -0.39 is 6.04 Å². The first-order valence-corrected chi connectivity index (χ1v) is 13.2. The van der Waals surface area contributed by atoms with Crippen molar-refractivity contribution < 1.29 is 28.2 Å². The van der Waals surface area contributed by atoms with Gasteiger partial charge in [0, 0.05) is 31.5 Å². The van der Waals surface area contributed by atoms with Crippen molar-refractivity contribution in [2.45, 2.75) is 51.8 Å². The molecule has 2 amide bonds.